The van der Waals surface area contributed by atoms with Gasteiger partial charge in [-0.2, -0.15) is 0 Å². The highest BCUT2D eigenvalue weighted by atomic mass is 16.2. The molecule has 0 aliphatic rings. The average Bonchev–Trinajstić information content (AvgIpc) is 2.99. The molecular weight excluding hydrogens is 616 g/mol. The lowest BCUT2D eigenvalue weighted by atomic mass is 10.2. The number of rotatable bonds is 18. The van der Waals surface area contributed by atoms with Crippen LogP contribution in [-0.4, -0.2) is 201 Å². The largest absolute Gasteiger partial charge is 0.337 e. The van der Waals surface area contributed by atoms with Crippen LogP contribution < -0.4 is 0 Å². The molecule has 0 aliphatic carbocycles. The van der Waals surface area contributed by atoms with Crippen molar-refractivity contribution < 1.29 is 43.2 Å². The van der Waals surface area contributed by atoms with Gasteiger partial charge in [0.2, 0.25) is 47.3 Å². The van der Waals surface area contributed by atoms with E-state index in [1.165, 1.54) is 66.2 Å². The fourth-order valence-electron chi connectivity index (χ4n) is 3.78. The zero-order valence-corrected chi connectivity index (χ0v) is 29.7. The van der Waals surface area contributed by atoms with Crippen molar-refractivity contribution in [3.63, 3.8) is 0 Å². The predicted molar refractivity (Wildman–Crippen MR) is 171 cm³/mol. The van der Waals surface area contributed by atoms with Gasteiger partial charge in [-0.1, -0.05) is 20.8 Å². The topological polar surface area (TPSA) is 180 Å². The summed E-state index contributed by atoms with van der Waals surface area (Å²) in [6.45, 7) is 2.76. The summed E-state index contributed by atoms with van der Waals surface area (Å²) in [5.41, 5.74) is 0. The second kappa shape index (κ2) is 19.8. The molecule has 0 aliphatic heterocycles. The third kappa shape index (κ3) is 15.0. The maximum absolute atomic E-state index is 12.7. The number of Topliss-reactive ketones (excluding diaryl/α,β-unsaturated/α-hetero) is 1. The van der Waals surface area contributed by atoms with Gasteiger partial charge in [-0.15, -0.1) is 0 Å². The molecule has 0 radical (unpaired) electrons. The highest BCUT2D eigenvalue weighted by molar-refractivity contribution is 5.93. The molecule has 0 heterocycles. The highest BCUT2D eigenvalue weighted by Crippen LogP contribution is 2.02. The Hall–Kier alpha value is -4.57. The Kier molecular flexibility index (Phi) is 17.9. The maximum Gasteiger partial charge on any atom is 0.242 e. The van der Waals surface area contributed by atoms with E-state index < -0.39 is 41.4 Å². The van der Waals surface area contributed by atoms with Gasteiger partial charge in [0.15, 0.2) is 5.78 Å². The van der Waals surface area contributed by atoms with Crippen molar-refractivity contribution in [1.29, 1.82) is 0 Å². The fraction of sp³-hybridized carbons (Fsp3) is 0.700. The van der Waals surface area contributed by atoms with Gasteiger partial charge < -0.3 is 39.2 Å². The van der Waals surface area contributed by atoms with Gasteiger partial charge in [0.05, 0.1) is 52.4 Å². The first-order chi connectivity index (χ1) is 21.6. The SMILES string of the molecule is CCC(=O)CN(C)C(=O)CN(C)C(=O)CN(C)C(=O)CN(C)C(=O)CN(C)C(=O)CN(C)C(=O)CN(C)C(=O)CN(C)C(=O)C(C)C. The molecule has 0 aromatic heterocycles. The molecule has 0 saturated heterocycles. The molecule has 0 unspecified atom stereocenters. The van der Waals surface area contributed by atoms with Crippen LogP contribution >= 0.6 is 0 Å². The van der Waals surface area contributed by atoms with Gasteiger partial charge in [0, 0.05) is 68.7 Å². The number of carbonyl (C=O) groups excluding carboxylic acids is 9. The molecule has 0 saturated carbocycles. The van der Waals surface area contributed by atoms with Crippen molar-refractivity contribution >= 4 is 53.0 Å². The molecule has 17 nitrogen and oxygen atoms in total. The number of likely N-dealkylation sites (N-methyl/N-ethyl adjacent to an activating group) is 8. The molecule has 0 fully saturated rings. The van der Waals surface area contributed by atoms with Crippen LogP contribution in [0.1, 0.15) is 27.2 Å². The summed E-state index contributed by atoms with van der Waals surface area (Å²) >= 11 is 0. The lowest BCUT2D eigenvalue weighted by Gasteiger charge is -2.27. The second-order valence-corrected chi connectivity index (χ2v) is 12.0. The molecule has 0 atom stereocenters. The lowest BCUT2D eigenvalue weighted by molar-refractivity contribution is -0.146. The minimum atomic E-state index is -0.569. The third-order valence-electron chi connectivity index (χ3n) is 7.27. The van der Waals surface area contributed by atoms with Crippen molar-refractivity contribution in [2.24, 2.45) is 5.92 Å². The summed E-state index contributed by atoms with van der Waals surface area (Å²) in [6.07, 6.45) is 0.285. The first-order valence-corrected chi connectivity index (χ1v) is 15.1. The smallest absolute Gasteiger partial charge is 0.242 e. The molecule has 0 rings (SSSR count). The number of hydrogen-bond donors (Lipinski definition) is 0. The fourth-order valence-corrected chi connectivity index (χ4v) is 3.78. The molecule has 0 spiro atoms. The van der Waals surface area contributed by atoms with Crippen LogP contribution in [-0.2, 0) is 43.2 Å². The van der Waals surface area contributed by atoms with Gasteiger partial charge in [-0.3, -0.25) is 43.2 Å². The maximum atomic E-state index is 12.7. The molecule has 0 aromatic carbocycles. The molecular formula is C30H52N8O9. The molecule has 47 heavy (non-hydrogen) atoms. The van der Waals surface area contributed by atoms with Gasteiger partial charge in [0.1, 0.15) is 0 Å². The van der Waals surface area contributed by atoms with Gasteiger partial charge in [-0.25, -0.2) is 0 Å². The predicted octanol–water partition coefficient (Wildman–Crippen LogP) is -2.71. The quantitative estimate of drug-likeness (QED) is 0.150. The summed E-state index contributed by atoms with van der Waals surface area (Å²) < 4.78 is 0. The van der Waals surface area contributed by atoms with Crippen LogP contribution in [0.2, 0.25) is 0 Å². The number of nitrogens with zero attached hydrogens (tertiary/aromatic N) is 8. The first-order valence-electron chi connectivity index (χ1n) is 15.1. The number of hydrogen-bond acceptors (Lipinski definition) is 9. The van der Waals surface area contributed by atoms with Crippen molar-refractivity contribution in [3.8, 4) is 0 Å². The zero-order chi connectivity index (χ0) is 36.8. The molecule has 17 heteroatoms. The molecule has 0 bridgehead atoms. The Morgan fingerprint density at radius 1 is 0.362 bits per heavy atom. The van der Waals surface area contributed by atoms with E-state index in [4.69, 9.17) is 0 Å². The first kappa shape index (κ1) is 42.4. The third-order valence-corrected chi connectivity index (χ3v) is 7.27. The molecule has 8 amide bonds. The van der Waals surface area contributed by atoms with Gasteiger partial charge >= 0.3 is 0 Å². The van der Waals surface area contributed by atoms with E-state index in [0.29, 0.717) is 0 Å². The van der Waals surface area contributed by atoms with Crippen molar-refractivity contribution in [2.45, 2.75) is 27.2 Å². The van der Waals surface area contributed by atoms with E-state index in [0.717, 1.165) is 29.4 Å². The van der Waals surface area contributed by atoms with E-state index in [-0.39, 0.29) is 76.4 Å². The summed E-state index contributed by atoms with van der Waals surface area (Å²) in [5.74, 6) is -4.23. The van der Waals surface area contributed by atoms with E-state index in [9.17, 15) is 43.2 Å². The van der Waals surface area contributed by atoms with E-state index in [1.54, 1.807) is 20.8 Å². The summed E-state index contributed by atoms with van der Waals surface area (Å²) in [7, 11) is 11.2. The standard InChI is InChI=1S/C30H52N8O9/c1-12-22(39)13-31(4)23(40)14-32(5)24(41)15-33(6)25(42)16-34(7)26(43)17-35(8)27(44)18-36(9)28(45)19-37(10)29(46)20-38(11)30(47)21(2)3/h21H,12-20H2,1-11H3. The van der Waals surface area contributed by atoms with Crippen LogP contribution in [0.5, 0.6) is 0 Å². The Morgan fingerprint density at radius 2 is 0.553 bits per heavy atom. The monoisotopic (exact) mass is 668 g/mol. The van der Waals surface area contributed by atoms with Crippen LogP contribution in [0.4, 0.5) is 0 Å². The summed E-state index contributed by atoms with van der Waals surface area (Å²) in [6, 6.07) is 0. The Labute approximate surface area is 277 Å². The van der Waals surface area contributed by atoms with Gasteiger partial charge in [-0.05, 0) is 0 Å². The minimum Gasteiger partial charge on any atom is -0.337 e. The van der Waals surface area contributed by atoms with Gasteiger partial charge in [0.25, 0.3) is 0 Å². The van der Waals surface area contributed by atoms with Crippen molar-refractivity contribution in [1.82, 2.24) is 39.2 Å². The van der Waals surface area contributed by atoms with Crippen molar-refractivity contribution in [3.05, 3.63) is 0 Å². The van der Waals surface area contributed by atoms with Crippen LogP contribution in [0.15, 0.2) is 0 Å². The number of carbonyl (C=O) groups is 9. The normalized spacial score (nSPS) is 10.5. The van der Waals surface area contributed by atoms with E-state index in [2.05, 4.69) is 0 Å². The summed E-state index contributed by atoms with van der Waals surface area (Å²) in [4.78, 5) is 121. The highest BCUT2D eigenvalue weighted by Gasteiger charge is 2.25. The van der Waals surface area contributed by atoms with E-state index >= 15 is 0 Å². The number of ketones is 1. The zero-order valence-electron chi connectivity index (χ0n) is 29.7. The van der Waals surface area contributed by atoms with Crippen molar-refractivity contribution in [2.75, 3.05) is 109 Å². The Morgan fingerprint density at radius 3 is 0.745 bits per heavy atom. The number of amides is 8. The Bertz CT molecular complexity index is 1190. The van der Waals surface area contributed by atoms with Crippen LogP contribution in [0.3, 0.4) is 0 Å². The average molecular weight is 669 g/mol. The lowest BCUT2D eigenvalue weighted by Crippen LogP contribution is -2.49. The van der Waals surface area contributed by atoms with Crippen LogP contribution in [0.25, 0.3) is 0 Å². The second-order valence-electron chi connectivity index (χ2n) is 12.0. The van der Waals surface area contributed by atoms with Crippen LogP contribution in [0, 0.1) is 5.92 Å². The molecule has 0 aromatic rings. The van der Waals surface area contributed by atoms with E-state index in [1.807, 2.05) is 0 Å². The Balaban J connectivity index is 4.82. The molecule has 266 valence electrons. The minimum absolute atomic E-state index is 0.0622. The molecule has 0 N–H and O–H groups in total. The summed E-state index contributed by atoms with van der Waals surface area (Å²) in [5, 5.41) is 0.